The van der Waals surface area contributed by atoms with Crippen LogP contribution >= 0.6 is 0 Å². The normalized spacial score (nSPS) is 15.5. The summed E-state index contributed by atoms with van der Waals surface area (Å²) in [4.78, 5) is 17.7. The van der Waals surface area contributed by atoms with Crippen LogP contribution in [-0.4, -0.2) is 36.9 Å². The van der Waals surface area contributed by atoms with Crippen molar-refractivity contribution in [2.45, 2.75) is 19.0 Å². The number of carbonyl (C=O) groups excluding carboxylic acids is 1. The Bertz CT molecular complexity index is 1330. The highest BCUT2D eigenvalue weighted by Crippen LogP contribution is 2.37. The van der Waals surface area contributed by atoms with Gasteiger partial charge in [-0.2, -0.15) is 10.2 Å². The molecule has 0 saturated carbocycles. The van der Waals surface area contributed by atoms with E-state index in [1.54, 1.807) is 36.7 Å². The molecule has 0 bridgehead atoms. The lowest BCUT2D eigenvalue weighted by molar-refractivity contribution is 0.0703. The monoisotopic (exact) mass is 438 g/mol. The van der Waals surface area contributed by atoms with Gasteiger partial charge in [-0.3, -0.25) is 14.9 Å². The number of rotatable bonds is 5. The van der Waals surface area contributed by atoms with Gasteiger partial charge in [0.2, 0.25) is 0 Å². The largest absolute Gasteiger partial charge is 0.508 e. The summed E-state index contributed by atoms with van der Waals surface area (Å²) in [5.41, 5.74) is 10.8. The number of aromatic hydroxyl groups is 1. The Kier molecular flexibility index (Phi) is 5.42. The lowest BCUT2D eigenvalue weighted by atomic mass is 9.98. The molecular formula is C25H22N6O2. The zero-order valence-corrected chi connectivity index (χ0v) is 17.7. The van der Waals surface area contributed by atoms with E-state index in [2.05, 4.69) is 20.3 Å². The molecule has 2 aromatic carbocycles. The van der Waals surface area contributed by atoms with Crippen LogP contribution in [0.1, 0.15) is 39.6 Å². The lowest BCUT2D eigenvalue weighted by Gasteiger charge is -2.21. The van der Waals surface area contributed by atoms with E-state index in [1.165, 1.54) is 5.01 Å². The number of hydrogen-bond acceptors (Lipinski definition) is 6. The molecule has 1 amide bonds. The second kappa shape index (κ2) is 8.68. The van der Waals surface area contributed by atoms with Gasteiger partial charge < -0.3 is 10.8 Å². The SMILES string of the molecule is NCc1ccccc1-c1cc(C(=O)N2N=C(c3cccnc3)CC2c2ccccc2O)n[nH]1. The maximum absolute atomic E-state index is 13.5. The first-order valence-corrected chi connectivity index (χ1v) is 10.6. The van der Waals surface area contributed by atoms with Gasteiger partial charge in [-0.1, -0.05) is 48.5 Å². The molecule has 0 saturated heterocycles. The number of para-hydroxylation sites is 1. The van der Waals surface area contributed by atoms with Crippen LogP contribution in [0.5, 0.6) is 5.75 Å². The van der Waals surface area contributed by atoms with Crippen molar-refractivity contribution in [2.75, 3.05) is 0 Å². The van der Waals surface area contributed by atoms with Crippen LogP contribution in [0.2, 0.25) is 0 Å². The molecule has 0 aliphatic carbocycles. The number of benzene rings is 2. The number of hydrogen-bond donors (Lipinski definition) is 3. The van der Waals surface area contributed by atoms with Gasteiger partial charge in [-0.15, -0.1) is 0 Å². The average Bonchev–Trinajstić information content (AvgIpc) is 3.53. The topological polar surface area (TPSA) is 120 Å². The average molecular weight is 438 g/mol. The minimum Gasteiger partial charge on any atom is -0.508 e. The van der Waals surface area contributed by atoms with Gasteiger partial charge in [-0.05, 0) is 23.8 Å². The minimum absolute atomic E-state index is 0.113. The summed E-state index contributed by atoms with van der Waals surface area (Å²) in [5.74, 6) is -0.252. The summed E-state index contributed by atoms with van der Waals surface area (Å²) in [6.07, 6.45) is 3.85. The number of phenols is 1. The third-order valence-electron chi connectivity index (χ3n) is 5.73. The second-order valence-electron chi connectivity index (χ2n) is 7.74. The van der Waals surface area contributed by atoms with Crippen LogP contribution in [0.4, 0.5) is 0 Å². The van der Waals surface area contributed by atoms with Crippen LogP contribution < -0.4 is 5.73 Å². The number of aromatic amines is 1. The lowest BCUT2D eigenvalue weighted by Crippen LogP contribution is -2.27. The van der Waals surface area contributed by atoms with E-state index in [-0.39, 0.29) is 17.4 Å². The number of hydrazone groups is 1. The van der Waals surface area contributed by atoms with Gasteiger partial charge in [0, 0.05) is 42.0 Å². The highest BCUT2D eigenvalue weighted by molar-refractivity contribution is 6.04. The van der Waals surface area contributed by atoms with E-state index in [0.29, 0.717) is 29.9 Å². The molecule has 4 aromatic rings. The van der Waals surface area contributed by atoms with Crippen LogP contribution in [0.15, 0.2) is 84.2 Å². The second-order valence-corrected chi connectivity index (χ2v) is 7.74. The number of H-pyrrole nitrogens is 1. The van der Waals surface area contributed by atoms with Crippen molar-refractivity contribution in [1.82, 2.24) is 20.2 Å². The predicted molar refractivity (Wildman–Crippen MR) is 124 cm³/mol. The molecule has 0 radical (unpaired) electrons. The van der Waals surface area contributed by atoms with E-state index in [9.17, 15) is 9.90 Å². The first-order chi connectivity index (χ1) is 16.2. The molecule has 5 rings (SSSR count). The van der Waals surface area contributed by atoms with Crippen molar-refractivity contribution in [3.63, 3.8) is 0 Å². The molecule has 2 aromatic heterocycles. The Balaban J connectivity index is 1.52. The molecule has 3 heterocycles. The van der Waals surface area contributed by atoms with Gasteiger partial charge in [0.15, 0.2) is 5.69 Å². The number of carbonyl (C=O) groups is 1. The predicted octanol–water partition coefficient (Wildman–Crippen LogP) is 3.63. The Hall–Kier alpha value is -4.30. The number of pyridine rings is 1. The highest BCUT2D eigenvalue weighted by Gasteiger charge is 2.36. The molecule has 4 N–H and O–H groups in total. The molecule has 1 aliphatic heterocycles. The first-order valence-electron chi connectivity index (χ1n) is 10.6. The standard InChI is InChI=1S/C25H22N6O2/c26-14-16-6-1-2-8-18(16)21-12-22(29-28-21)25(33)31-23(19-9-3-4-10-24(19)32)13-20(30-31)17-7-5-11-27-15-17/h1-12,15,23,32H,13-14,26H2,(H,28,29). The number of amides is 1. The third-order valence-corrected chi connectivity index (χ3v) is 5.73. The third kappa shape index (κ3) is 3.88. The van der Waals surface area contributed by atoms with Crippen molar-refractivity contribution < 1.29 is 9.90 Å². The van der Waals surface area contributed by atoms with Crippen molar-refractivity contribution in [2.24, 2.45) is 10.8 Å². The Morgan fingerprint density at radius 2 is 1.94 bits per heavy atom. The quantitative estimate of drug-likeness (QED) is 0.439. The number of phenolic OH excluding ortho intramolecular Hbond substituents is 1. The van der Waals surface area contributed by atoms with E-state index in [0.717, 1.165) is 16.7 Å². The smallest absolute Gasteiger partial charge is 0.295 e. The summed E-state index contributed by atoms with van der Waals surface area (Å²) < 4.78 is 0. The number of nitrogens with two attached hydrogens (primary N) is 1. The molecule has 0 spiro atoms. The fourth-order valence-electron chi connectivity index (χ4n) is 4.06. The fraction of sp³-hybridized carbons (Fsp3) is 0.120. The summed E-state index contributed by atoms with van der Waals surface area (Å²) in [6.45, 7) is 0.374. The van der Waals surface area contributed by atoms with E-state index in [1.807, 2.05) is 42.5 Å². The van der Waals surface area contributed by atoms with Gasteiger partial charge in [0.1, 0.15) is 5.75 Å². The van der Waals surface area contributed by atoms with E-state index < -0.39 is 6.04 Å². The van der Waals surface area contributed by atoms with Crippen molar-refractivity contribution in [3.05, 3.63) is 102 Å². The minimum atomic E-state index is -0.467. The summed E-state index contributed by atoms with van der Waals surface area (Å²) in [7, 11) is 0. The molecule has 0 fully saturated rings. The van der Waals surface area contributed by atoms with Crippen LogP contribution in [0.3, 0.4) is 0 Å². The fourth-order valence-corrected chi connectivity index (χ4v) is 4.06. The first kappa shape index (κ1) is 20.6. The summed E-state index contributed by atoms with van der Waals surface area (Å²) in [5, 5.41) is 23.7. The molecule has 8 heteroatoms. The van der Waals surface area contributed by atoms with Crippen molar-refractivity contribution in [1.29, 1.82) is 0 Å². The molecule has 1 unspecified atom stereocenters. The molecule has 164 valence electrons. The number of nitrogens with one attached hydrogen (secondary N) is 1. The molecule has 8 nitrogen and oxygen atoms in total. The number of nitrogens with zero attached hydrogens (tertiary/aromatic N) is 4. The maximum Gasteiger partial charge on any atom is 0.295 e. The maximum atomic E-state index is 13.5. The molecule has 33 heavy (non-hydrogen) atoms. The Morgan fingerprint density at radius 3 is 2.73 bits per heavy atom. The van der Waals surface area contributed by atoms with Crippen LogP contribution in [0, 0.1) is 0 Å². The molecular weight excluding hydrogens is 416 g/mol. The van der Waals surface area contributed by atoms with Crippen molar-refractivity contribution in [3.8, 4) is 17.0 Å². The molecule has 1 atom stereocenters. The van der Waals surface area contributed by atoms with Gasteiger partial charge >= 0.3 is 0 Å². The van der Waals surface area contributed by atoms with E-state index in [4.69, 9.17) is 5.73 Å². The van der Waals surface area contributed by atoms with Crippen molar-refractivity contribution >= 4 is 11.6 Å². The summed E-state index contributed by atoms with van der Waals surface area (Å²) >= 11 is 0. The number of aromatic nitrogens is 3. The Morgan fingerprint density at radius 1 is 1.12 bits per heavy atom. The zero-order chi connectivity index (χ0) is 22.8. The summed E-state index contributed by atoms with van der Waals surface area (Å²) in [6, 6.07) is 19.7. The van der Waals surface area contributed by atoms with Gasteiger partial charge in [-0.25, -0.2) is 5.01 Å². The van der Waals surface area contributed by atoms with Gasteiger partial charge in [0.25, 0.3) is 5.91 Å². The van der Waals surface area contributed by atoms with Gasteiger partial charge in [0.05, 0.1) is 17.4 Å². The highest BCUT2D eigenvalue weighted by atomic mass is 16.3. The molecule has 1 aliphatic rings. The zero-order valence-electron chi connectivity index (χ0n) is 17.7. The van der Waals surface area contributed by atoms with Crippen LogP contribution in [-0.2, 0) is 6.54 Å². The van der Waals surface area contributed by atoms with E-state index >= 15 is 0 Å². The Labute approximate surface area is 190 Å². The van der Waals surface area contributed by atoms with Crippen LogP contribution in [0.25, 0.3) is 11.3 Å².